The van der Waals surface area contributed by atoms with Crippen LogP contribution >= 0.6 is 0 Å². The van der Waals surface area contributed by atoms with E-state index >= 15 is 0 Å². The standard InChI is InChI=1S/C10H14N4O6/c11-7-1-8(12(15)16)4-9(2-7,13(17)18)6-10(3-7,5-8)14(19)20/h1-6,11H2. The third kappa shape index (κ3) is 1.37. The highest BCUT2D eigenvalue weighted by Gasteiger charge is 2.81. The van der Waals surface area contributed by atoms with Gasteiger partial charge in [-0.3, -0.25) is 30.3 Å². The van der Waals surface area contributed by atoms with Gasteiger partial charge < -0.3 is 5.73 Å². The first-order valence-electron chi connectivity index (χ1n) is 6.30. The van der Waals surface area contributed by atoms with Crippen LogP contribution in [0.25, 0.3) is 0 Å². The van der Waals surface area contributed by atoms with Gasteiger partial charge in [-0.1, -0.05) is 0 Å². The molecule has 0 atom stereocenters. The normalized spacial score (nSPS) is 49.0. The Hall–Kier alpha value is -1.84. The minimum absolute atomic E-state index is 0.0157. The van der Waals surface area contributed by atoms with E-state index in [2.05, 4.69) is 0 Å². The Balaban J connectivity index is 2.20. The molecule has 4 aliphatic carbocycles. The second-order valence-corrected chi connectivity index (χ2v) is 6.87. The minimum atomic E-state index is -1.64. The van der Waals surface area contributed by atoms with Crippen molar-refractivity contribution in [2.24, 2.45) is 5.73 Å². The first-order chi connectivity index (χ1) is 9.07. The zero-order chi connectivity index (χ0) is 15.0. The lowest BCUT2D eigenvalue weighted by molar-refractivity contribution is -0.689. The summed E-state index contributed by atoms with van der Waals surface area (Å²) in [5, 5.41) is 34.3. The molecule has 0 heterocycles. The summed E-state index contributed by atoms with van der Waals surface area (Å²) < 4.78 is 0. The second-order valence-electron chi connectivity index (χ2n) is 6.87. The molecule has 0 saturated heterocycles. The lowest BCUT2D eigenvalue weighted by Crippen LogP contribution is -2.78. The molecular formula is C10H14N4O6. The van der Waals surface area contributed by atoms with Crippen molar-refractivity contribution < 1.29 is 14.8 Å². The summed E-state index contributed by atoms with van der Waals surface area (Å²) in [6.45, 7) is 0. The van der Waals surface area contributed by atoms with Crippen LogP contribution < -0.4 is 5.73 Å². The highest BCUT2D eigenvalue weighted by Crippen LogP contribution is 2.62. The van der Waals surface area contributed by atoms with Gasteiger partial charge in [0.05, 0.1) is 19.3 Å². The molecule has 0 aromatic carbocycles. The molecule has 0 aromatic rings. The molecule has 0 radical (unpaired) electrons. The maximum absolute atomic E-state index is 11.4. The molecule has 4 saturated carbocycles. The van der Waals surface area contributed by atoms with Gasteiger partial charge in [0.15, 0.2) is 0 Å². The Morgan fingerprint density at radius 3 is 1.10 bits per heavy atom. The van der Waals surface area contributed by atoms with Gasteiger partial charge in [-0.05, 0) is 0 Å². The van der Waals surface area contributed by atoms with Gasteiger partial charge in [0.25, 0.3) is 0 Å². The summed E-state index contributed by atoms with van der Waals surface area (Å²) in [5.41, 5.74) is -0.0219. The largest absolute Gasteiger partial charge is 0.324 e. The first kappa shape index (κ1) is 13.2. The summed E-state index contributed by atoms with van der Waals surface area (Å²) in [6.07, 6.45) is -0.813. The van der Waals surface area contributed by atoms with Crippen LogP contribution in [0, 0.1) is 30.3 Å². The molecule has 0 spiro atoms. The Kier molecular flexibility index (Phi) is 2.13. The Morgan fingerprint density at radius 1 is 0.650 bits per heavy atom. The van der Waals surface area contributed by atoms with Crippen LogP contribution in [0.5, 0.6) is 0 Å². The van der Waals surface area contributed by atoms with Crippen LogP contribution in [0.4, 0.5) is 0 Å². The van der Waals surface area contributed by atoms with E-state index in [1.54, 1.807) is 0 Å². The molecule has 0 unspecified atom stereocenters. The van der Waals surface area contributed by atoms with Crippen molar-refractivity contribution >= 4 is 0 Å². The van der Waals surface area contributed by atoms with Gasteiger partial charge in [-0.2, -0.15) is 0 Å². The smallest absolute Gasteiger partial charge is 0.237 e. The predicted octanol–water partition coefficient (Wildman–Crippen LogP) is 0.112. The van der Waals surface area contributed by atoms with E-state index in [1.165, 1.54) is 0 Å². The molecule has 10 heteroatoms. The summed E-state index contributed by atoms with van der Waals surface area (Å²) in [6, 6.07) is 0. The van der Waals surface area contributed by atoms with E-state index in [0.29, 0.717) is 0 Å². The molecule has 2 N–H and O–H groups in total. The van der Waals surface area contributed by atoms with Crippen molar-refractivity contribution in [1.29, 1.82) is 0 Å². The third-order valence-corrected chi connectivity index (χ3v) is 5.18. The van der Waals surface area contributed by atoms with E-state index in [0.717, 1.165) is 0 Å². The van der Waals surface area contributed by atoms with Crippen molar-refractivity contribution in [2.75, 3.05) is 0 Å². The maximum Gasteiger partial charge on any atom is 0.237 e. The predicted molar refractivity (Wildman–Crippen MR) is 63.8 cm³/mol. The Bertz CT molecular complexity index is 466. The van der Waals surface area contributed by atoms with Crippen molar-refractivity contribution in [2.45, 2.75) is 60.7 Å². The maximum atomic E-state index is 11.4. The van der Waals surface area contributed by atoms with Crippen molar-refractivity contribution in [3.63, 3.8) is 0 Å². The number of hydrogen-bond acceptors (Lipinski definition) is 7. The van der Waals surface area contributed by atoms with Crippen molar-refractivity contribution in [3.8, 4) is 0 Å². The molecule has 4 bridgehead atoms. The lowest BCUT2D eigenvalue weighted by Gasteiger charge is -2.58. The summed E-state index contributed by atoms with van der Waals surface area (Å²) in [4.78, 5) is 32.5. The number of nitrogens with zero attached hydrogens (tertiary/aromatic N) is 3. The highest BCUT2D eigenvalue weighted by atomic mass is 16.6. The van der Waals surface area contributed by atoms with E-state index in [4.69, 9.17) is 5.73 Å². The fourth-order valence-electron chi connectivity index (χ4n) is 5.13. The number of nitrogens with two attached hydrogens (primary N) is 1. The molecule has 20 heavy (non-hydrogen) atoms. The average Bonchev–Trinajstić information content (AvgIpc) is 2.24. The van der Waals surface area contributed by atoms with Gasteiger partial charge >= 0.3 is 0 Å². The first-order valence-corrected chi connectivity index (χ1v) is 6.30. The second kappa shape index (κ2) is 3.25. The minimum Gasteiger partial charge on any atom is -0.324 e. The fraction of sp³-hybridized carbons (Fsp3) is 1.00. The third-order valence-electron chi connectivity index (χ3n) is 5.18. The molecule has 10 nitrogen and oxygen atoms in total. The summed E-state index contributed by atoms with van der Waals surface area (Å²) in [7, 11) is 0. The number of nitro groups is 3. The van der Waals surface area contributed by atoms with Gasteiger partial charge in [0.2, 0.25) is 16.6 Å². The lowest BCUT2D eigenvalue weighted by atomic mass is 9.45. The highest BCUT2D eigenvalue weighted by molar-refractivity contribution is 5.22. The van der Waals surface area contributed by atoms with Crippen LogP contribution in [-0.4, -0.2) is 36.9 Å². The Labute approximate surface area is 112 Å². The number of hydrogen-bond donors (Lipinski definition) is 1. The van der Waals surface area contributed by atoms with E-state index in [1.807, 2.05) is 0 Å². The summed E-state index contributed by atoms with van der Waals surface area (Å²) >= 11 is 0. The van der Waals surface area contributed by atoms with Crippen LogP contribution in [0.1, 0.15) is 38.5 Å². The van der Waals surface area contributed by atoms with Crippen molar-refractivity contribution in [3.05, 3.63) is 30.3 Å². The SMILES string of the molecule is NC12CC3([N+](=O)[O-])CC([N+](=O)[O-])(C1)CC([N+](=O)[O-])(C2)C3. The molecule has 0 aliphatic heterocycles. The zero-order valence-electron chi connectivity index (χ0n) is 10.6. The van der Waals surface area contributed by atoms with Gasteiger partial charge in [0, 0.05) is 39.6 Å². The molecule has 4 fully saturated rings. The molecule has 4 aliphatic rings. The van der Waals surface area contributed by atoms with Crippen LogP contribution in [-0.2, 0) is 0 Å². The molecular weight excluding hydrogens is 272 g/mol. The van der Waals surface area contributed by atoms with Crippen LogP contribution in [0.15, 0.2) is 0 Å². The zero-order valence-corrected chi connectivity index (χ0v) is 10.6. The van der Waals surface area contributed by atoms with E-state index in [-0.39, 0.29) is 38.5 Å². The number of rotatable bonds is 3. The van der Waals surface area contributed by atoms with Gasteiger partial charge in [-0.25, -0.2) is 0 Å². The molecule has 0 amide bonds. The average molecular weight is 286 g/mol. The van der Waals surface area contributed by atoms with Gasteiger partial charge in [0.1, 0.15) is 0 Å². The van der Waals surface area contributed by atoms with E-state index in [9.17, 15) is 30.3 Å². The molecule has 110 valence electrons. The summed E-state index contributed by atoms with van der Waals surface area (Å²) in [5.74, 6) is 0. The molecule has 0 aromatic heterocycles. The fourth-order valence-corrected chi connectivity index (χ4v) is 5.13. The Morgan fingerprint density at radius 2 is 0.900 bits per heavy atom. The quantitative estimate of drug-likeness (QED) is 0.569. The van der Waals surface area contributed by atoms with Gasteiger partial charge in [-0.15, -0.1) is 0 Å². The monoisotopic (exact) mass is 286 g/mol. The van der Waals surface area contributed by atoms with Crippen LogP contribution in [0.3, 0.4) is 0 Å². The molecule has 4 rings (SSSR count). The topological polar surface area (TPSA) is 155 Å². The van der Waals surface area contributed by atoms with E-state index < -0.39 is 36.9 Å². The van der Waals surface area contributed by atoms with Crippen molar-refractivity contribution in [1.82, 2.24) is 0 Å². The van der Waals surface area contributed by atoms with Crippen LogP contribution in [0.2, 0.25) is 0 Å².